The van der Waals surface area contributed by atoms with Crippen molar-refractivity contribution in [1.29, 1.82) is 0 Å². The molecular weight excluding hydrogens is 296 g/mol. The molecule has 0 unspecified atom stereocenters. The maximum absolute atomic E-state index is 4.60. The first-order valence-corrected chi connectivity index (χ1v) is 7.14. The van der Waals surface area contributed by atoms with Gasteiger partial charge in [0.15, 0.2) is 18.7 Å². The minimum atomic E-state index is 0.920. The van der Waals surface area contributed by atoms with Gasteiger partial charge >= 0.3 is 0 Å². The van der Waals surface area contributed by atoms with Crippen LogP contribution in [-0.4, -0.2) is 36.1 Å². The van der Waals surface area contributed by atoms with Gasteiger partial charge in [-0.05, 0) is 15.9 Å². The fourth-order valence-corrected chi connectivity index (χ4v) is 4.17. The Morgan fingerprint density at radius 3 is 2.60 bits per heavy atom. The summed E-state index contributed by atoms with van der Waals surface area (Å²) in [4.78, 5) is 13.4. The zero-order valence-electron chi connectivity index (χ0n) is 7.86. The van der Waals surface area contributed by atoms with Crippen LogP contribution in [0.15, 0.2) is 3.92 Å². The van der Waals surface area contributed by atoms with E-state index in [1.807, 2.05) is 0 Å². The summed E-state index contributed by atoms with van der Waals surface area (Å²) in [5.74, 6) is 0. The lowest BCUT2D eigenvalue weighted by Crippen LogP contribution is -2.43. The zero-order chi connectivity index (χ0) is 10.3. The lowest BCUT2D eigenvalue weighted by molar-refractivity contribution is 0.588. The van der Waals surface area contributed by atoms with Crippen molar-refractivity contribution in [2.45, 2.75) is 0 Å². The van der Waals surface area contributed by atoms with E-state index in [0.29, 0.717) is 0 Å². The van der Waals surface area contributed by atoms with Crippen molar-refractivity contribution >= 4 is 53.4 Å². The standard InChI is InChI=1S/C8H9BrN4S2/c9-7-11-5-6(14-7)12-8(15-5)13-3-1-10-2-4-13/h10H,1-4H2. The molecule has 1 aliphatic heterocycles. The fraction of sp³-hybridized carbons (Fsp3) is 0.500. The Bertz CT molecular complexity index is 442. The highest BCUT2D eigenvalue weighted by Gasteiger charge is 2.16. The van der Waals surface area contributed by atoms with Crippen molar-refractivity contribution in [3.8, 4) is 0 Å². The number of nitrogens with one attached hydrogen (secondary N) is 1. The molecule has 3 rings (SSSR count). The van der Waals surface area contributed by atoms with Crippen LogP contribution in [0.4, 0.5) is 5.13 Å². The van der Waals surface area contributed by atoms with Crippen LogP contribution in [0.3, 0.4) is 0 Å². The molecule has 1 aliphatic rings. The molecule has 0 aliphatic carbocycles. The van der Waals surface area contributed by atoms with Gasteiger partial charge in [-0.1, -0.05) is 22.7 Å². The molecule has 1 saturated heterocycles. The third-order valence-corrected chi connectivity index (χ3v) is 4.87. The van der Waals surface area contributed by atoms with Crippen LogP contribution in [0.25, 0.3) is 9.66 Å². The van der Waals surface area contributed by atoms with Crippen molar-refractivity contribution in [2.24, 2.45) is 0 Å². The number of aromatic nitrogens is 2. The van der Waals surface area contributed by atoms with Gasteiger partial charge in [0.1, 0.15) is 0 Å². The minimum Gasteiger partial charge on any atom is -0.345 e. The summed E-state index contributed by atoms with van der Waals surface area (Å²) in [6, 6.07) is 0. The number of fused-ring (bicyclic) bond motifs is 1. The number of halogens is 1. The molecule has 3 heterocycles. The average Bonchev–Trinajstić information content (AvgIpc) is 2.76. The number of anilines is 1. The first-order valence-electron chi connectivity index (χ1n) is 4.71. The molecule has 0 amide bonds. The molecule has 2 aromatic rings. The SMILES string of the molecule is Brc1nc2sc(N3CCNCC3)nc2s1. The summed E-state index contributed by atoms with van der Waals surface area (Å²) >= 11 is 6.66. The monoisotopic (exact) mass is 304 g/mol. The molecule has 0 spiro atoms. The van der Waals surface area contributed by atoms with E-state index in [-0.39, 0.29) is 0 Å². The van der Waals surface area contributed by atoms with E-state index in [9.17, 15) is 0 Å². The number of hydrogen-bond acceptors (Lipinski definition) is 6. The lowest BCUT2D eigenvalue weighted by Gasteiger charge is -2.26. The van der Waals surface area contributed by atoms with Gasteiger partial charge in [-0.3, -0.25) is 0 Å². The summed E-state index contributed by atoms with van der Waals surface area (Å²) in [7, 11) is 0. The van der Waals surface area contributed by atoms with E-state index in [1.165, 1.54) is 0 Å². The Labute approximate surface area is 103 Å². The van der Waals surface area contributed by atoms with Gasteiger partial charge in [-0.25, -0.2) is 9.97 Å². The number of thiazole rings is 2. The molecule has 80 valence electrons. The van der Waals surface area contributed by atoms with E-state index in [0.717, 1.165) is 44.9 Å². The van der Waals surface area contributed by atoms with Crippen molar-refractivity contribution in [1.82, 2.24) is 15.3 Å². The maximum Gasteiger partial charge on any atom is 0.188 e. The summed E-state index contributed by atoms with van der Waals surface area (Å²) in [5.41, 5.74) is 0. The highest BCUT2D eigenvalue weighted by atomic mass is 79.9. The Balaban J connectivity index is 1.93. The lowest BCUT2D eigenvalue weighted by atomic mass is 10.4. The molecule has 0 saturated carbocycles. The summed E-state index contributed by atoms with van der Waals surface area (Å²) in [5, 5.41) is 4.44. The second-order valence-electron chi connectivity index (χ2n) is 3.31. The molecular formula is C8H9BrN4S2. The van der Waals surface area contributed by atoms with Gasteiger partial charge < -0.3 is 10.2 Å². The molecule has 1 N–H and O–H groups in total. The molecule has 7 heteroatoms. The summed E-state index contributed by atoms with van der Waals surface area (Å²) < 4.78 is 0.920. The van der Waals surface area contributed by atoms with Gasteiger partial charge in [0, 0.05) is 26.2 Å². The largest absolute Gasteiger partial charge is 0.345 e. The van der Waals surface area contributed by atoms with Crippen LogP contribution in [0, 0.1) is 0 Å². The van der Waals surface area contributed by atoms with Crippen LogP contribution in [0.5, 0.6) is 0 Å². The molecule has 15 heavy (non-hydrogen) atoms. The van der Waals surface area contributed by atoms with Crippen LogP contribution in [0.1, 0.15) is 0 Å². The third-order valence-electron chi connectivity index (χ3n) is 2.33. The second kappa shape index (κ2) is 3.97. The highest BCUT2D eigenvalue weighted by Crippen LogP contribution is 2.33. The first-order chi connectivity index (χ1) is 7.33. The maximum atomic E-state index is 4.60. The Morgan fingerprint density at radius 2 is 1.87 bits per heavy atom. The van der Waals surface area contributed by atoms with Gasteiger partial charge in [0.2, 0.25) is 0 Å². The first kappa shape index (κ1) is 9.95. The molecule has 0 radical (unpaired) electrons. The van der Waals surface area contributed by atoms with E-state index >= 15 is 0 Å². The fourth-order valence-electron chi connectivity index (χ4n) is 1.60. The van der Waals surface area contributed by atoms with E-state index in [1.54, 1.807) is 22.7 Å². The molecule has 4 nitrogen and oxygen atoms in total. The van der Waals surface area contributed by atoms with Crippen molar-refractivity contribution in [3.05, 3.63) is 3.92 Å². The van der Waals surface area contributed by atoms with Crippen LogP contribution in [0.2, 0.25) is 0 Å². The van der Waals surface area contributed by atoms with E-state index in [4.69, 9.17) is 0 Å². The molecule has 0 atom stereocenters. The number of hydrogen-bond donors (Lipinski definition) is 1. The normalized spacial score (nSPS) is 17.5. The van der Waals surface area contributed by atoms with Crippen molar-refractivity contribution in [2.75, 3.05) is 31.1 Å². The van der Waals surface area contributed by atoms with Gasteiger partial charge in [0.05, 0.1) is 0 Å². The van der Waals surface area contributed by atoms with Crippen molar-refractivity contribution < 1.29 is 0 Å². The molecule has 1 fully saturated rings. The Morgan fingerprint density at radius 1 is 1.13 bits per heavy atom. The quantitative estimate of drug-likeness (QED) is 0.874. The summed E-state index contributed by atoms with van der Waals surface area (Å²) in [6.07, 6.45) is 0. The van der Waals surface area contributed by atoms with E-state index in [2.05, 4.69) is 36.1 Å². The zero-order valence-corrected chi connectivity index (χ0v) is 11.1. The predicted octanol–water partition coefficient (Wildman–Crippen LogP) is 1.92. The third kappa shape index (κ3) is 1.89. The topological polar surface area (TPSA) is 41.1 Å². The van der Waals surface area contributed by atoms with Crippen molar-refractivity contribution in [3.63, 3.8) is 0 Å². The van der Waals surface area contributed by atoms with Gasteiger partial charge in [-0.2, -0.15) is 0 Å². The molecule has 0 aromatic carbocycles. The Kier molecular flexibility index (Phi) is 2.63. The number of piperazine rings is 1. The smallest absolute Gasteiger partial charge is 0.188 e. The Hall–Kier alpha value is -0.240. The number of rotatable bonds is 1. The molecule has 0 bridgehead atoms. The second-order valence-corrected chi connectivity index (χ2v) is 6.52. The average molecular weight is 305 g/mol. The van der Waals surface area contributed by atoms with Gasteiger partial charge in [-0.15, -0.1) is 0 Å². The van der Waals surface area contributed by atoms with Gasteiger partial charge in [0.25, 0.3) is 0 Å². The predicted molar refractivity (Wildman–Crippen MR) is 68.1 cm³/mol. The number of nitrogens with zero attached hydrogens (tertiary/aromatic N) is 3. The minimum absolute atomic E-state index is 0.920. The summed E-state index contributed by atoms with van der Waals surface area (Å²) in [6.45, 7) is 4.18. The van der Waals surface area contributed by atoms with Crippen LogP contribution >= 0.6 is 38.6 Å². The highest BCUT2D eigenvalue weighted by molar-refractivity contribution is 9.11. The van der Waals surface area contributed by atoms with Crippen LogP contribution in [-0.2, 0) is 0 Å². The van der Waals surface area contributed by atoms with E-state index < -0.39 is 0 Å². The van der Waals surface area contributed by atoms with Crippen LogP contribution < -0.4 is 10.2 Å². The molecule has 2 aromatic heterocycles.